The Hall–Kier alpha value is -4.95. The van der Waals surface area contributed by atoms with E-state index in [4.69, 9.17) is 4.55 Å². The first-order chi connectivity index (χ1) is 22.4. The molecule has 0 aliphatic rings. The van der Waals surface area contributed by atoms with Crippen LogP contribution in [0, 0.1) is 13.8 Å². The summed E-state index contributed by atoms with van der Waals surface area (Å²) in [6.45, 7) is 3.68. The number of aromatic nitrogens is 3. The molecule has 2 heterocycles. The number of nitrogens with zero attached hydrogens (tertiary/aromatic N) is 3. The van der Waals surface area contributed by atoms with Crippen LogP contribution in [-0.2, 0) is 35.3 Å². The van der Waals surface area contributed by atoms with Crippen LogP contribution in [0.4, 0.5) is 26.3 Å². The summed E-state index contributed by atoms with van der Waals surface area (Å²) in [5.41, 5.74) is 0.809. The van der Waals surface area contributed by atoms with Gasteiger partial charge in [-0.3, -0.25) is 14.3 Å². The second-order valence-corrected chi connectivity index (χ2v) is 12.1. The Morgan fingerprint density at radius 3 is 2.02 bits per heavy atom. The lowest BCUT2D eigenvalue weighted by Gasteiger charge is -2.14. The van der Waals surface area contributed by atoms with Crippen LogP contribution in [0.25, 0.3) is 11.3 Å². The number of carbonyl (C=O) groups excluding carboxylic acids is 1. The molecule has 0 amide bonds. The Labute approximate surface area is 272 Å². The Kier molecular flexibility index (Phi) is 10.8. The number of aryl methyl sites for hydroxylation is 2. The molecule has 0 spiro atoms. The van der Waals surface area contributed by atoms with Crippen molar-refractivity contribution in [3.63, 3.8) is 0 Å². The van der Waals surface area contributed by atoms with Gasteiger partial charge in [0.25, 0.3) is 10.1 Å². The van der Waals surface area contributed by atoms with Crippen LogP contribution in [0.3, 0.4) is 0 Å². The zero-order valence-electron chi connectivity index (χ0n) is 25.3. The summed E-state index contributed by atoms with van der Waals surface area (Å²) in [4.78, 5) is 25.6. The summed E-state index contributed by atoms with van der Waals surface area (Å²) in [6, 6.07) is 17.3. The second-order valence-electron chi connectivity index (χ2n) is 10.7. The van der Waals surface area contributed by atoms with Gasteiger partial charge < -0.3 is 0 Å². The zero-order valence-corrected chi connectivity index (χ0v) is 26.2. The Balaban J connectivity index is 0.000000401. The van der Waals surface area contributed by atoms with Gasteiger partial charge in [-0.25, -0.2) is 9.97 Å². The molecule has 7 nitrogen and oxygen atoms in total. The molecule has 0 aliphatic heterocycles. The largest absolute Gasteiger partial charge is 0.416 e. The van der Waals surface area contributed by atoms with Crippen LogP contribution in [0.15, 0.2) is 102 Å². The van der Waals surface area contributed by atoms with E-state index in [0.717, 1.165) is 22.3 Å². The van der Waals surface area contributed by atoms with Crippen LogP contribution < -0.4 is 0 Å². The van der Waals surface area contributed by atoms with Gasteiger partial charge in [0, 0.05) is 42.6 Å². The predicted octanol–water partition coefficient (Wildman–Crippen LogP) is 8.14. The molecule has 0 unspecified atom stereocenters. The maximum atomic E-state index is 13.2. The molecule has 2 aromatic heterocycles. The van der Waals surface area contributed by atoms with E-state index in [2.05, 4.69) is 15.0 Å². The van der Waals surface area contributed by atoms with Gasteiger partial charge in [0.05, 0.1) is 21.7 Å². The molecule has 5 rings (SSSR count). The van der Waals surface area contributed by atoms with E-state index in [1.54, 1.807) is 61.1 Å². The number of benzene rings is 3. The lowest BCUT2D eigenvalue weighted by molar-refractivity contribution is -0.143. The van der Waals surface area contributed by atoms with Gasteiger partial charge in [-0.05, 0) is 79.1 Å². The Bertz CT molecular complexity index is 1980. The topological polar surface area (TPSA) is 110 Å². The lowest BCUT2D eigenvalue weighted by Crippen LogP contribution is -2.14. The molecule has 1 N–H and O–H groups in total. The first-order valence-electron chi connectivity index (χ1n) is 14.1. The molecular formula is C34H27F6N3O4S. The third kappa shape index (κ3) is 9.78. The maximum Gasteiger partial charge on any atom is 0.416 e. The summed E-state index contributed by atoms with van der Waals surface area (Å²) in [6.07, 6.45) is -5.20. The molecular weight excluding hydrogens is 660 g/mol. The lowest BCUT2D eigenvalue weighted by atomic mass is 9.95. The van der Waals surface area contributed by atoms with Crippen molar-refractivity contribution in [2.45, 2.75) is 43.9 Å². The number of rotatable bonds is 7. The van der Waals surface area contributed by atoms with Gasteiger partial charge >= 0.3 is 12.4 Å². The molecule has 0 fully saturated rings. The van der Waals surface area contributed by atoms with Crippen LogP contribution in [0.2, 0.25) is 0 Å². The van der Waals surface area contributed by atoms with E-state index in [1.807, 2.05) is 19.9 Å². The SMILES string of the molecule is Cc1ccc(CC(=O)c2cc(C(F)(F)F)cc(C(F)(F)F)c2)cc1Cc1nccc(-c2cccnc2)n1.Cc1ccc(S(=O)(=O)O)cc1. The fourth-order valence-corrected chi connectivity index (χ4v) is 4.95. The van der Waals surface area contributed by atoms with E-state index < -0.39 is 44.9 Å². The van der Waals surface area contributed by atoms with E-state index in [1.165, 1.54) is 12.1 Å². The molecule has 250 valence electrons. The Morgan fingerprint density at radius 2 is 1.46 bits per heavy atom. The number of hydrogen-bond acceptors (Lipinski definition) is 6. The number of ketones is 1. The van der Waals surface area contributed by atoms with Gasteiger partial charge in [0.15, 0.2) is 5.78 Å². The minimum Gasteiger partial charge on any atom is -0.294 e. The number of halogens is 6. The highest BCUT2D eigenvalue weighted by Gasteiger charge is 2.37. The van der Waals surface area contributed by atoms with Crippen molar-refractivity contribution in [3.05, 3.63) is 142 Å². The molecule has 5 aromatic rings. The van der Waals surface area contributed by atoms with Gasteiger partial charge in [-0.1, -0.05) is 35.9 Å². The fraction of sp³-hybridized carbons (Fsp3) is 0.176. The standard InChI is InChI=1S/C27H19F6N3O.C7H8O3S/c1-16-4-5-17(9-19(16)13-25-35-8-6-23(36-25)18-3-2-7-34-15-18)10-24(37)20-11-21(26(28,29)30)14-22(12-20)27(31,32)33;1-6-2-4-7(5-3-6)11(8,9)10/h2-9,11-12,14-15H,10,13H2,1H3;2-5H,1H3,(H,8,9,10). The molecule has 0 aliphatic carbocycles. The summed E-state index contributed by atoms with van der Waals surface area (Å²) < 4.78 is 109. The van der Waals surface area contributed by atoms with Crippen molar-refractivity contribution >= 4 is 15.9 Å². The molecule has 48 heavy (non-hydrogen) atoms. The number of carbonyl (C=O) groups is 1. The van der Waals surface area contributed by atoms with Crippen LogP contribution >= 0.6 is 0 Å². The number of pyridine rings is 1. The third-order valence-electron chi connectivity index (χ3n) is 7.02. The molecule has 0 atom stereocenters. The van der Waals surface area contributed by atoms with Crippen LogP contribution in [-0.4, -0.2) is 33.7 Å². The molecule has 0 bridgehead atoms. The summed E-state index contributed by atoms with van der Waals surface area (Å²) in [5, 5.41) is 0. The minimum absolute atomic E-state index is 0.000384. The number of hydrogen-bond donors (Lipinski definition) is 1. The molecule has 3 aromatic carbocycles. The summed E-state index contributed by atoms with van der Waals surface area (Å²) in [7, 11) is -4.02. The van der Waals surface area contributed by atoms with Gasteiger partial charge in [-0.15, -0.1) is 0 Å². The average molecular weight is 688 g/mol. The van der Waals surface area contributed by atoms with Gasteiger partial charge in [0.2, 0.25) is 0 Å². The maximum absolute atomic E-state index is 13.2. The average Bonchev–Trinajstić information content (AvgIpc) is 3.02. The van der Waals surface area contributed by atoms with E-state index in [9.17, 15) is 39.6 Å². The van der Waals surface area contributed by atoms with Gasteiger partial charge in [-0.2, -0.15) is 34.8 Å². The van der Waals surface area contributed by atoms with Crippen molar-refractivity contribution in [2.75, 3.05) is 0 Å². The molecule has 0 saturated carbocycles. The highest BCUT2D eigenvalue weighted by molar-refractivity contribution is 7.85. The third-order valence-corrected chi connectivity index (χ3v) is 7.89. The Morgan fingerprint density at radius 1 is 0.812 bits per heavy atom. The summed E-state index contributed by atoms with van der Waals surface area (Å²) >= 11 is 0. The first-order valence-corrected chi connectivity index (χ1v) is 15.5. The molecule has 0 radical (unpaired) electrons. The zero-order chi connectivity index (χ0) is 35.3. The minimum atomic E-state index is -5.03. The van der Waals surface area contributed by atoms with Crippen molar-refractivity contribution in [3.8, 4) is 11.3 Å². The molecule has 14 heteroatoms. The second kappa shape index (κ2) is 14.4. The smallest absolute Gasteiger partial charge is 0.294 e. The van der Waals surface area contributed by atoms with Crippen molar-refractivity contribution in [1.29, 1.82) is 0 Å². The van der Waals surface area contributed by atoms with Crippen LogP contribution in [0.5, 0.6) is 0 Å². The predicted molar refractivity (Wildman–Crippen MR) is 165 cm³/mol. The van der Waals surface area contributed by atoms with E-state index in [-0.39, 0.29) is 17.4 Å². The highest BCUT2D eigenvalue weighted by atomic mass is 32.2. The summed E-state index contributed by atoms with van der Waals surface area (Å²) in [5.74, 6) is -0.359. The van der Waals surface area contributed by atoms with E-state index in [0.29, 0.717) is 35.6 Å². The normalized spacial score (nSPS) is 11.9. The van der Waals surface area contributed by atoms with Crippen molar-refractivity contribution < 1.29 is 44.1 Å². The fourth-order valence-electron chi connectivity index (χ4n) is 4.47. The highest BCUT2D eigenvalue weighted by Crippen LogP contribution is 2.36. The van der Waals surface area contributed by atoms with Gasteiger partial charge in [0.1, 0.15) is 5.82 Å². The van der Waals surface area contributed by atoms with E-state index >= 15 is 0 Å². The first kappa shape index (κ1) is 35.9. The number of Topliss-reactive ketones (excluding diaryl/α,β-unsaturated/α-hetero) is 1. The monoisotopic (exact) mass is 687 g/mol. The van der Waals surface area contributed by atoms with Crippen LogP contribution in [0.1, 0.15) is 49.6 Å². The molecule has 0 saturated heterocycles. The van der Waals surface area contributed by atoms with Crippen molar-refractivity contribution in [2.24, 2.45) is 0 Å². The van der Waals surface area contributed by atoms with Crippen molar-refractivity contribution in [1.82, 2.24) is 15.0 Å². The quantitative estimate of drug-likeness (QED) is 0.105. The number of alkyl halides is 6.